The molecular formula is C18H23N3O3. The number of para-hydroxylation sites is 1. The first kappa shape index (κ1) is 16.5. The number of esters is 1. The highest BCUT2D eigenvalue weighted by Gasteiger charge is 2.28. The summed E-state index contributed by atoms with van der Waals surface area (Å²) in [6.45, 7) is 1.74. The maximum Gasteiger partial charge on any atom is 0.342 e. The number of urea groups is 1. The fraction of sp³-hybridized carbons (Fsp3) is 0.500. The van der Waals surface area contributed by atoms with Crippen LogP contribution in [-0.4, -0.2) is 35.9 Å². The number of ether oxygens (including phenoxy) is 1. The quantitative estimate of drug-likeness (QED) is 0.861. The van der Waals surface area contributed by atoms with E-state index >= 15 is 0 Å². The molecule has 1 aromatic carbocycles. The Morgan fingerprint density at radius 3 is 2.79 bits per heavy atom. The molecule has 128 valence electrons. The lowest BCUT2D eigenvalue weighted by atomic mass is 9.83. The maximum atomic E-state index is 12.4. The Kier molecular flexibility index (Phi) is 5.13. The second-order valence-electron chi connectivity index (χ2n) is 6.26. The van der Waals surface area contributed by atoms with E-state index in [0.717, 1.165) is 29.8 Å². The SMILES string of the molecule is CC(=O)OCCN1N=C(C2CCCCC2)c2ccccc2NC1=O. The lowest BCUT2D eigenvalue weighted by Crippen LogP contribution is -2.33. The van der Waals surface area contributed by atoms with Crippen LogP contribution in [0.1, 0.15) is 44.6 Å². The number of hydrazone groups is 1. The van der Waals surface area contributed by atoms with Crippen molar-refractivity contribution in [3.05, 3.63) is 29.8 Å². The van der Waals surface area contributed by atoms with Gasteiger partial charge in [0.2, 0.25) is 0 Å². The molecule has 0 bridgehead atoms. The predicted octanol–water partition coefficient (Wildman–Crippen LogP) is 3.38. The number of carbonyl (C=O) groups is 2. The number of fused-ring (bicyclic) bond motifs is 1. The van der Waals surface area contributed by atoms with Crippen LogP contribution < -0.4 is 5.32 Å². The van der Waals surface area contributed by atoms with Crippen molar-refractivity contribution >= 4 is 23.4 Å². The highest BCUT2D eigenvalue weighted by Crippen LogP contribution is 2.31. The van der Waals surface area contributed by atoms with Crippen LogP contribution in [0, 0.1) is 5.92 Å². The first-order valence-electron chi connectivity index (χ1n) is 8.55. The van der Waals surface area contributed by atoms with Gasteiger partial charge in [0.25, 0.3) is 0 Å². The molecule has 3 rings (SSSR count). The summed E-state index contributed by atoms with van der Waals surface area (Å²) >= 11 is 0. The van der Waals surface area contributed by atoms with Crippen LogP contribution >= 0.6 is 0 Å². The van der Waals surface area contributed by atoms with Crippen molar-refractivity contribution in [2.75, 3.05) is 18.5 Å². The Hall–Kier alpha value is -2.37. The largest absolute Gasteiger partial charge is 0.464 e. The number of carbonyl (C=O) groups excluding carboxylic acids is 2. The standard InChI is InChI=1S/C18H23N3O3/c1-13(22)24-12-11-21-18(23)19-16-10-6-5-9-15(16)17(20-21)14-7-3-2-4-8-14/h5-6,9-10,14H,2-4,7-8,11-12H2,1H3,(H,19,23). The van der Waals surface area contributed by atoms with E-state index in [0.29, 0.717) is 5.92 Å². The van der Waals surface area contributed by atoms with Gasteiger partial charge in [0.15, 0.2) is 0 Å². The number of nitrogens with one attached hydrogen (secondary N) is 1. The molecule has 0 aromatic heterocycles. The maximum absolute atomic E-state index is 12.4. The number of nitrogens with zero attached hydrogens (tertiary/aromatic N) is 2. The molecule has 1 aliphatic carbocycles. The van der Waals surface area contributed by atoms with Gasteiger partial charge >= 0.3 is 12.0 Å². The summed E-state index contributed by atoms with van der Waals surface area (Å²) < 4.78 is 4.96. The van der Waals surface area contributed by atoms with E-state index in [2.05, 4.69) is 10.4 Å². The van der Waals surface area contributed by atoms with E-state index in [-0.39, 0.29) is 25.2 Å². The topological polar surface area (TPSA) is 71.0 Å². The summed E-state index contributed by atoms with van der Waals surface area (Å²) in [6.07, 6.45) is 5.85. The minimum atomic E-state index is -0.356. The first-order valence-corrected chi connectivity index (χ1v) is 8.55. The molecule has 1 aromatic rings. The fourth-order valence-corrected chi connectivity index (χ4v) is 3.33. The van der Waals surface area contributed by atoms with Crippen LogP contribution in [0.4, 0.5) is 10.5 Å². The van der Waals surface area contributed by atoms with Crippen molar-refractivity contribution in [3.63, 3.8) is 0 Å². The fourth-order valence-electron chi connectivity index (χ4n) is 3.33. The highest BCUT2D eigenvalue weighted by molar-refractivity contribution is 6.10. The molecule has 1 N–H and O–H groups in total. The average molecular weight is 329 g/mol. The Bertz CT molecular complexity index is 651. The number of hydrogen-bond donors (Lipinski definition) is 1. The smallest absolute Gasteiger partial charge is 0.342 e. The van der Waals surface area contributed by atoms with Gasteiger partial charge in [0.05, 0.1) is 17.9 Å². The Morgan fingerprint density at radius 1 is 1.29 bits per heavy atom. The van der Waals surface area contributed by atoms with E-state index in [9.17, 15) is 9.59 Å². The van der Waals surface area contributed by atoms with Gasteiger partial charge in [0.1, 0.15) is 6.61 Å². The molecule has 0 radical (unpaired) electrons. The summed E-state index contributed by atoms with van der Waals surface area (Å²) in [5.74, 6) is 0.00817. The van der Waals surface area contributed by atoms with Gasteiger partial charge in [-0.05, 0) is 18.9 Å². The molecule has 1 fully saturated rings. The number of amides is 2. The van der Waals surface area contributed by atoms with Gasteiger partial charge in [-0.25, -0.2) is 9.80 Å². The van der Waals surface area contributed by atoms with Crippen molar-refractivity contribution in [2.45, 2.75) is 39.0 Å². The summed E-state index contributed by atoms with van der Waals surface area (Å²) in [5, 5.41) is 8.96. The molecule has 0 atom stereocenters. The number of rotatable bonds is 4. The van der Waals surface area contributed by atoms with Crippen LogP contribution in [0.2, 0.25) is 0 Å². The molecule has 1 saturated carbocycles. The molecular weight excluding hydrogens is 306 g/mol. The summed E-state index contributed by atoms with van der Waals surface area (Å²) in [4.78, 5) is 23.4. The summed E-state index contributed by atoms with van der Waals surface area (Å²) in [6, 6.07) is 7.50. The highest BCUT2D eigenvalue weighted by atomic mass is 16.5. The Morgan fingerprint density at radius 2 is 2.04 bits per heavy atom. The van der Waals surface area contributed by atoms with Gasteiger partial charge in [-0.3, -0.25) is 4.79 Å². The van der Waals surface area contributed by atoms with Crippen molar-refractivity contribution < 1.29 is 14.3 Å². The van der Waals surface area contributed by atoms with Crippen molar-refractivity contribution in [2.24, 2.45) is 11.0 Å². The summed E-state index contributed by atoms with van der Waals surface area (Å²) in [5.41, 5.74) is 2.75. The van der Waals surface area contributed by atoms with Gasteiger partial charge in [-0.1, -0.05) is 37.5 Å². The second kappa shape index (κ2) is 7.47. The third kappa shape index (κ3) is 3.75. The lowest BCUT2D eigenvalue weighted by Gasteiger charge is -2.24. The molecule has 1 aliphatic heterocycles. The van der Waals surface area contributed by atoms with Crippen LogP contribution in [-0.2, 0) is 9.53 Å². The van der Waals surface area contributed by atoms with E-state index in [1.165, 1.54) is 31.2 Å². The zero-order valence-electron chi connectivity index (χ0n) is 14.0. The minimum absolute atomic E-state index is 0.139. The van der Waals surface area contributed by atoms with Crippen LogP contribution in [0.5, 0.6) is 0 Å². The number of benzene rings is 1. The van der Waals surface area contributed by atoms with Crippen LogP contribution in [0.25, 0.3) is 0 Å². The molecule has 1 heterocycles. The molecule has 0 unspecified atom stereocenters. The molecule has 2 aliphatic rings. The zero-order valence-corrected chi connectivity index (χ0v) is 14.0. The predicted molar refractivity (Wildman–Crippen MR) is 91.9 cm³/mol. The van der Waals surface area contributed by atoms with Crippen molar-refractivity contribution in [1.29, 1.82) is 0 Å². The van der Waals surface area contributed by atoms with Crippen LogP contribution in [0.15, 0.2) is 29.4 Å². The summed E-state index contributed by atoms with van der Waals surface area (Å²) in [7, 11) is 0. The lowest BCUT2D eigenvalue weighted by molar-refractivity contribution is -0.141. The molecule has 24 heavy (non-hydrogen) atoms. The normalized spacial score (nSPS) is 18.3. The Labute approximate surface area is 141 Å². The van der Waals surface area contributed by atoms with Gasteiger partial charge in [0, 0.05) is 18.4 Å². The average Bonchev–Trinajstić information content (AvgIpc) is 2.72. The van der Waals surface area contributed by atoms with E-state index in [4.69, 9.17) is 4.74 Å². The van der Waals surface area contributed by atoms with Crippen molar-refractivity contribution in [3.8, 4) is 0 Å². The van der Waals surface area contributed by atoms with Gasteiger partial charge < -0.3 is 10.1 Å². The van der Waals surface area contributed by atoms with Gasteiger partial charge in [-0.15, -0.1) is 0 Å². The first-order chi connectivity index (χ1) is 11.6. The monoisotopic (exact) mass is 329 g/mol. The zero-order chi connectivity index (χ0) is 16.9. The molecule has 6 nitrogen and oxygen atoms in total. The second-order valence-corrected chi connectivity index (χ2v) is 6.26. The number of hydrogen-bond acceptors (Lipinski definition) is 4. The Balaban J connectivity index is 1.88. The molecule has 0 saturated heterocycles. The minimum Gasteiger partial charge on any atom is -0.464 e. The van der Waals surface area contributed by atoms with Crippen molar-refractivity contribution in [1.82, 2.24) is 5.01 Å². The van der Waals surface area contributed by atoms with E-state index < -0.39 is 0 Å². The molecule has 6 heteroatoms. The van der Waals surface area contributed by atoms with Crippen LogP contribution in [0.3, 0.4) is 0 Å². The van der Waals surface area contributed by atoms with Gasteiger partial charge in [-0.2, -0.15) is 5.10 Å². The molecule has 0 spiro atoms. The third-order valence-corrected chi connectivity index (χ3v) is 4.51. The number of anilines is 1. The van der Waals surface area contributed by atoms with E-state index in [1.54, 1.807) is 0 Å². The third-order valence-electron chi connectivity index (χ3n) is 4.51. The molecule has 2 amide bonds. The van der Waals surface area contributed by atoms with E-state index in [1.807, 2.05) is 24.3 Å².